The summed E-state index contributed by atoms with van der Waals surface area (Å²) in [5.41, 5.74) is 2.27. The van der Waals surface area contributed by atoms with E-state index in [-0.39, 0.29) is 0 Å². The Morgan fingerprint density at radius 1 is 1.00 bits per heavy atom. The summed E-state index contributed by atoms with van der Waals surface area (Å²) in [5.74, 6) is 0.655. The van der Waals surface area contributed by atoms with Crippen molar-refractivity contribution in [2.75, 3.05) is 0 Å². The van der Waals surface area contributed by atoms with Crippen LogP contribution in [0.1, 0.15) is 5.56 Å². The lowest BCUT2D eigenvalue weighted by Gasteiger charge is -1.98. The molecule has 0 aliphatic carbocycles. The molecule has 3 nitrogen and oxygen atoms in total. The number of nitrogens with zero attached hydrogens (tertiary/aromatic N) is 2. The predicted molar refractivity (Wildman–Crippen MR) is 67.7 cm³/mol. The van der Waals surface area contributed by atoms with Gasteiger partial charge in [0.1, 0.15) is 6.26 Å². The van der Waals surface area contributed by atoms with Gasteiger partial charge in [0.2, 0.25) is 5.89 Å². The fraction of sp³-hybridized carbons (Fsp3) is 0.0667. The lowest BCUT2D eigenvalue weighted by atomic mass is 10.2. The maximum atomic E-state index is 5.26. The van der Waals surface area contributed by atoms with E-state index in [1.165, 1.54) is 5.56 Å². The first kappa shape index (κ1) is 10.7. The van der Waals surface area contributed by atoms with Gasteiger partial charge < -0.3 is 4.42 Å². The average Bonchev–Trinajstić information content (AvgIpc) is 2.95. The second-order valence-electron chi connectivity index (χ2n) is 4.08. The van der Waals surface area contributed by atoms with Crippen molar-refractivity contribution in [2.24, 2.45) is 0 Å². The molecule has 0 unspecified atom stereocenters. The van der Waals surface area contributed by atoms with Gasteiger partial charge in [-0.15, -0.1) is 0 Å². The van der Waals surface area contributed by atoms with Crippen molar-refractivity contribution in [1.29, 1.82) is 0 Å². The predicted octanol–water partition coefficient (Wildman–Crippen LogP) is 2.68. The van der Waals surface area contributed by atoms with E-state index in [0.717, 1.165) is 12.1 Å². The van der Waals surface area contributed by atoms with Crippen LogP contribution in [0.15, 0.2) is 71.7 Å². The Hall–Kier alpha value is -2.42. The monoisotopic (exact) mass is 237 g/mol. The van der Waals surface area contributed by atoms with E-state index in [4.69, 9.17) is 4.42 Å². The quantitative estimate of drug-likeness (QED) is 0.655. The van der Waals surface area contributed by atoms with Crippen LogP contribution < -0.4 is 4.57 Å². The second kappa shape index (κ2) is 4.84. The highest BCUT2D eigenvalue weighted by molar-refractivity contribution is 5.50. The molecule has 3 heteroatoms. The Kier molecular flexibility index (Phi) is 2.88. The second-order valence-corrected chi connectivity index (χ2v) is 4.08. The molecule has 0 aliphatic heterocycles. The zero-order valence-corrected chi connectivity index (χ0v) is 9.86. The first-order valence-corrected chi connectivity index (χ1v) is 5.85. The minimum atomic E-state index is 0.655. The summed E-state index contributed by atoms with van der Waals surface area (Å²) >= 11 is 0. The molecule has 0 saturated carbocycles. The van der Waals surface area contributed by atoms with E-state index in [9.17, 15) is 0 Å². The van der Waals surface area contributed by atoms with Crippen LogP contribution in [0, 0.1) is 0 Å². The summed E-state index contributed by atoms with van der Waals surface area (Å²) in [6.07, 6.45) is 7.31. The van der Waals surface area contributed by atoms with Gasteiger partial charge in [-0.25, -0.2) is 9.55 Å². The number of benzene rings is 1. The number of hydrogen-bond donors (Lipinski definition) is 0. The Morgan fingerprint density at radius 2 is 1.78 bits per heavy atom. The number of hydrogen-bond acceptors (Lipinski definition) is 2. The van der Waals surface area contributed by atoms with Crippen molar-refractivity contribution in [3.63, 3.8) is 0 Å². The average molecular weight is 237 g/mol. The number of aromatic nitrogens is 2. The summed E-state index contributed by atoms with van der Waals surface area (Å²) in [5, 5.41) is 0. The summed E-state index contributed by atoms with van der Waals surface area (Å²) in [7, 11) is 0. The van der Waals surface area contributed by atoms with Gasteiger partial charge in [0.25, 0.3) is 0 Å². The SMILES string of the molecule is c1ccc(C[n+]2ccc(-c3ncco3)cc2)cc1. The van der Waals surface area contributed by atoms with Crippen LogP contribution in [0.5, 0.6) is 0 Å². The molecule has 3 rings (SSSR count). The van der Waals surface area contributed by atoms with Gasteiger partial charge in [-0.2, -0.15) is 0 Å². The molecule has 0 spiro atoms. The van der Waals surface area contributed by atoms with E-state index in [2.05, 4.69) is 33.8 Å². The van der Waals surface area contributed by atoms with E-state index < -0.39 is 0 Å². The molecular formula is C15H13N2O+. The first-order chi connectivity index (χ1) is 8.92. The fourth-order valence-corrected chi connectivity index (χ4v) is 1.87. The Morgan fingerprint density at radius 3 is 2.44 bits per heavy atom. The molecule has 0 bridgehead atoms. The number of rotatable bonds is 3. The Balaban J connectivity index is 1.80. The molecule has 0 saturated heterocycles. The van der Waals surface area contributed by atoms with Crippen LogP contribution in [0.25, 0.3) is 11.5 Å². The molecule has 0 atom stereocenters. The van der Waals surface area contributed by atoms with Crippen molar-refractivity contribution in [1.82, 2.24) is 4.98 Å². The summed E-state index contributed by atoms with van der Waals surface area (Å²) in [6, 6.07) is 14.4. The molecule has 3 aromatic rings. The van der Waals surface area contributed by atoms with E-state index >= 15 is 0 Å². The highest BCUT2D eigenvalue weighted by atomic mass is 16.3. The third-order valence-corrected chi connectivity index (χ3v) is 2.78. The van der Waals surface area contributed by atoms with Crippen molar-refractivity contribution in [3.8, 4) is 11.5 Å². The standard InChI is InChI=1S/C15H13N2O/c1-2-4-13(5-3-1)12-17-9-6-14(7-10-17)15-16-8-11-18-15/h1-11H,12H2/q+1. The van der Waals surface area contributed by atoms with Crippen molar-refractivity contribution >= 4 is 0 Å². The maximum Gasteiger partial charge on any atom is 0.226 e. The van der Waals surface area contributed by atoms with Gasteiger partial charge in [0, 0.05) is 23.3 Å². The van der Waals surface area contributed by atoms with E-state index in [1.54, 1.807) is 12.5 Å². The molecule has 88 valence electrons. The van der Waals surface area contributed by atoms with E-state index in [0.29, 0.717) is 5.89 Å². The van der Waals surface area contributed by atoms with Gasteiger partial charge in [-0.05, 0) is 0 Å². The molecule has 0 fully saturated rings. The number of oxazole rings is 1. The van der Waals surface area contributed by atoms with Crippen LogP contribution in [0.4, 0.5) is 0 Å². The molecule has 2 aromatic heterocycles. The van der Waals surface area contributed by atoms with Crippen LogP contribution in [-0.4, -0.2) is 4.98 Å². The van der Waals surface area contributed by atoms with Gasteiger partial charge in [-0.3, -0.25) is 0 Å². The molecule has 0 radical (unpaired) electrons. The molecule has 0 amide bonds. The van der Waals surface area contributed by atoms with Crippen molar-refractivity contribution < 1.29 is 8.98 Å². The molecule has 0 aliphatic rings. The topological polar surface area (TPSA) is 29.9 Å². The van der Waals surface area contributed by atoms with Gasteiger partial charge in [0.15, 0.2) is 18.9 Å². The van der Waals surface area contributed by atoms with E-state index in [1.807, 2.05) is 30.6 Å². The third kappa shape index (κ3) is 2.30. The molecule has 2 heterocycles. The molecule has 18 heavy (non-hydrogen) atoms. The highest BCUT2D eigenvalue weighted by Gasteiger charge is 2.06. The van der Waals surface area contributed by atoms with Gasteiger partial charge >= 0.3 is 0 Å². The largest absolute Gasteiger partial charge is 0.445 e. The Labute approximate surface area is 105 Å². The maximum absolute atomic E-state index is 5.26. The van der Waals surface area contributed by atoms with Crippen LogP contribution >= 0.6 is 0 Å². The van der Waals surface area contributed by atoms with Crippen molar-refractivity contribution in [2.45, 2.75) is 6.54 Å². The first-order valence-electron chi connectivity index (χ1n) is 5.85. The summed E-state index contributed by atoms with van der Waals surface area (Å²) < 4.78 is 7.38. The van der Waals surface area contributed by atoms with Gasteiger partial charge in [0.05, 0.1) is 6.20 Å². The highest BCUT2D eigenvalue weighted by Crippen LogP contribution is 2.14. The molecule has 1 aromatic carbocycles. The summed E-state index contributed by atoms with van der Waals surface area (Å²) in [6.45, 7) is 0.868. The van der Waals surface area contributed by atoms with Crippen LogP contribution in [-0.2, 0) is 6.54 Å². The lowest BCUT2D eigenvalue weighted by Crippen LogP contribution is -2.32. The van der Waals surface area contributed by atoms with Gasteiger partial charge in [-0.1, -0.05) is 30.3 Å². The minimum Gasteiger partial charge on any atom is -0.445 e. The van der Waals surface area contributed by atoms with Crippen LogP contribution in [0.2, 0.25) is 0 Å². The van der Waals surface area contributed by atoms with Crippen molar-refractivity contribution in [3.05, 3.63) is 72.9 Å². The minimum absolute atomic E-state index is 0.655. The summed E-state index contributed by atoms with van der Waals surface area (Å²) in [4.78, 5) is 4.12. The van der Waals surface area contributed by atoms with Crippen LogP contribution in [0.3, 0.4) is 0 Å². The smallest absolute Gasteiger partial charge is 0.226 e. The molecule has 0 N–H and O–H groups in total. The fourth-order valence-electron chi connectivity index (χ4n) is 1.87. The zero-order chi connectivity index (χ0) is 12.2. The number of pyridine rings is 1. The third-order valence-electron chi connectivity index (χ3n) is 2.78. The molecular weight excluding hydrogens is 224 g/mol. The zero-order valence-electron chi connectivity index (χ0n) is 9.86. The normalized spacial score (nSPS) is 10.4. The lowest BCUT2D eigenvalue weighted by molar-refractivity contribution is -0.688. The Bertz CT molecular complexity index is 601.